The van der Waals surface area contributed by atoms with E-state index in [2.05, 4.69) is 41.7 Å². The molecule has 0 atom stereocenters. The molecule has 0 aliphatic heterocycles. The van der Waals surface area contributed by atoms with Gasteiger partial charge in [-0.05, 0) is 64.6 Å². The van der Waals surface area contributed by atoms with Crippen LogP contribution in [0.15, 0.2) is 97.1 Å². The molecule has 0 unspecified atom stereocenters. The lowest BCUT2D eigenvalue weighted by atomic mass is 10.0. The molecule has 2 amide bonds. The Balaban J connectivity index is 1.37. The van der Waals surface area contributed by atoms with E-state index < -0.39 is 11.9 Å². The van der Waals surface area contributed by atoms with E-state index >= 15 is 0 Å². The fourth-order valence-electron chi connectivity index (χ4n) is 4.21. The molecule has 0 saturated heterocycles. The van der Waals surface area contributed by atoms with Crippen molar-refractivity contribution in [2.45, 2.75) is 19.5 Å². The Morgan fingerprint density at radius 1 is 0.692 bits per heavy atom. The van der Waals surface area contributed by atoms with Gasteiger partial charge in [0.25, 0.3) is 5.91 Å². The zero-order valence-corrected chi connectivity index (χ0v) is 22.5. The first-order valence-corrected chi connectivity index (χ1v) is 13.0. The van der Waals surface area contributed by atoms with Gasteiger partial charge in [-0.3, -0.25) is 9.59 Å². The predicted molar refractivity (Wildman–Crippen MR) is 153 cm³/mol. The summed E-state index contributed by atoms with van der Waals surface area (Å²) < 4.78 is 0. The second kappa shape index (κ2) is 13.1. The van der Waals surface area contributed by atoms with Crippen LogP contribution in [0.3, 0.4) is 0 Å². The number of carboxylic acids is 1. The third kappa shape index (κ3) is 7.93. The average Bonchev–Trinajstić information content (AvgIpc) is 2.92. The molecule has 0 bridgehead atoms. The topological polar surface area (TPSA) is 86.7 Å². The van der Waals surface area contributed by atoms with Gasteiger partial charge in [0.15, 0.2) is 0 Å². The van der Waals surface area contributed by atoms with Gasteiger partial charge in [-0.25, -0.2) is 4.79 Å². The molecule has 198 valence electrons. The number of carboxylic acid groups (broad SMARTS) is 1. The van der Waals surface area contributed by atoms with Gasteiger partial charge < -0.3 is 15.3 Å². The minimum atomic E-state index is -1.58. The highest BCUT2D eigenvalue weighted by atomic mass is 35.5. The fourth-order valence-corrected chi connectivity index (χ4v) is 4.78. The number of benzene rings is 4. The Kier molecular flexibility index (Phi) is 9.36. The van der Waals surface area contributed by atoms with E-state index in [1.165, 1.54) is 4.90 Å². The summed E-state index contributed by atoms with van der Waals surface area (Å²) in [6.07, 6.45) is 0.670. The van der Waals surface area contributed by atoms with Gasteiger partial charge in [0.05, 0.1) is 0 Å². The van der Waals surface area contributed by atoms with Gasteiger partial charge in [0.2, 0.25) is 0 Å². The standard InChI is InChI=1S/C31H26Cl2N2O4/c32-27-16-23(17-28(33)18-27)20-35(30(37)31(38)39)19-22-5-4-8-26(15-22)29(36)34-14-13-21-9-11-25(12-10-21)24-6-2-1-3-7-24/h1-12,15-18H,13-14,19-20H2,(H,34,36)(H,38,39). The Bertz CT molecular complexity index is 1450. The van der Waals surface area contributed by atoms with Crippen LogP contribution in [0.4, 0.5) is 0 Å². The Morgan fingerprint density at radius 3 is 2.00 bits per heavy atom. The molecule has 0 fully saturated rings. The minimum Gasteiger partial charge on any atom is -0.474 e. The number of amides is 2. The number of carbonyl (C=O) groups is 3. The first kappa shape index (κ1) is 27.9. The summed E-state index contributed by atoms with van der Waals surface area (Å²) in [5.41, 5.74) is 5.01. The number of hydrogen-bond donors (Lipinski definition) is 2. The largest absolute Gasteiger partial charge is 0.474 e. The summed E-state index contributed by atoms with van der Waals surface area (Å²) in [5.74, 6) is -2.90. The number of hydrogen-bond acceptors (Lipinski definition) is 3. The predicted octanol–water partition coefficient (Wildman–Crippen LogP) is 6.25. The molecule has 4 aromatic carbocycles. The maximum absolute atomic E-state index is 12.8. The van der Waals surface area contributed by atoms with Crippen LogP contribution >= 0.6 is 23.2 Å². The second-order valence-corrected chi connectivity index (χ2v) is 9.89. The number of aliphatic carboxylic acids is 1. The van der Waals surface area contributed by atoms with E-state index in [-0.39, 0.29) is 19.0 Å². The molecule has 0 radical (unpaired) electrons. The van der Waals surface area contributed by atoms with E-state index in [1.54, 1.807) is 42.5 Å². The highest BCUT2D eigenvalue weighted by Gasteiger charge is 2.22. The summed E-state index contributed by atoms with van der Waals surface area (Å²) in [7, 11) is 0. The Morgan fingerprint density at radius 2 is 1.33 bits per heavy atom. The van der Waals surface area contributed by atoms with E-state index in [0.717, 1.165) is 16.7 Å². The van der Waals surface area contributed by atoms with Crippen molar-refractivity contribution in [1.82, 2.24) is 10.2 Å². The van der Waals surface area contributed by atoms with Crippen LogP contribution in [0, 0.1) is 0 Å². The van der Waals surface area contributed by atoms with Gasteiger partial charge in [0, 0.05) is 35.2 Å². The fraction of sp³-hybridized carbons (Fsp3) is 0.129. The zero-order valence-electron chi connectivity index (χ0n) is 20.9. The third-order valence-electron chi connectivity index (χ3n) is 6.09. The van der Waals surface area contributed by atoms with Crippen LogP contribution in [0.5, 0.6) is 0 Å². The summed E-state index contributed by atoms with van der Waals surface area (Å²) in [5, 5.41) is 13.0. The number of nitrogens with zero attached hydrogens (tertiary/aromatic N) is 1. The molecule has 0 heterocycles. The van der Waals surface area contributed by atoms with Crippen LogP contribution in [0.1, 0.15) is 27.0 Å². The Hall–Kier alpha value is -4.13. The van der Waals surface area contributed by atoms with Crippen molar-refractivity contribution >= 4 is 41.0 Å². The van der Waals surface area contributed by atoms with E-state index in [0.29, 0.717) is 39.7 Å². The molecule has 0 aliphatic rings. The maximum Gasteiger partial charge on any atom is 0.394 e. The number of halogens is 2. The number of nitrogens with one attached hydrogen (secondary N) is 1. The van der Waals surface area contributed by atoms with Gasteiger partial charge in [-0.15, -0.1) is 0 Å². The monoisotopic (exact) mass is 560 g/mol. The summed E-state index contributed by atoms with van der Waals surface area (Å²) >= 11 is 12.1. The lowest BCUT2D eigenvalue weighted by Crippen LogP contribution is -2.35. The SMILES string of the molecule is O=C(O)C(=O)N(Cc1cc(Cl)cc(Cl)c1)Cc1cccc(C(=O)NCCc2ccc(-c3ccccc3)cc2)c1. The van der Waals surface area contributed by atoms with E-state index in [4.69, 9.17) is 23.2 Å². The maximum atomic E-state index is 12.8. The molecule has 6 nitrogen and oxygen atoms in total. The van der Waals surface area contributed by atoms with Crippen molar-refractivity contribution in [3.05, 3.63) is 129 Å². The normalized spacial score (nSPS) is 10.6. The smallest absolute Gasteiger partial charge is 0.394 e. The van der Waals surface area contributed by atoms with Gasteiger partial charge in [-0.1, -0.05) is 89.9 Å². The highest BCUT2D eigenvalue weighted by Crippen LogP contribution is 2.22. The van der Waals surface area contributed by atoms with Crippen LogP contribution in [0.25, 0.3) is 11.1 Å². The van der Waals surface area contributed by atoms with Crippen molar-refractivity contribution in [3.8, 4) is 11.1 Å². The molecule has 2 N–H and O–H groups in total. The number of rotatable bonds is 9. The molecule has 0 spiro atoms. The van der Waals surface area contributed by atoms with Crippen molar-refractivity contribution < 1.29 is 19.5 Å². The molecular formula is C31H26Cl2N2O4. The number of carbonyl (C=O) groups excluding carboxylic acids is 2. The lowest BCUT2D eigenvalue weighted by molar-refractivity contribution is -0.156. The molecular weight excluding hydrogens is 535 g/mol. The summed E-state index contributed by atoms with van der Waals surface area (Å²) in [4.78, 5) is 37.8. The Labute approximate surface area is 236 Å². The van der Waals surface area contributed by atoms with Gasteiger partial charge in [-0.2, -0.15) is 0 Å². The lowest BCUT2D eigenvalue weighted by Gasteiger charge is -2.21. The molecule has 4 rings (SSSR count). The first-order valence-electron chi connectivity index (χ1n) is 12.3. The summed E-state index contributed by atoms with van der Waals surface area (Å²) in [6.45, 7) is 0.432. The molecule has 4 aromatic rings. The van der Waals surface area contributed by atoms with Crippen molar-refractivity contribution in [2.75, 3.05) is 6.54 Å². The van der Waals surface area contributed by atoms with Gasteiger partial charge in [0.1, 0.15) is 0 Å². The molecule has 0 saturated carbocycles. The zero-order chi connectivity index (χ0) is 27.8. The van der Waals surface area contributed by atoms with Crippen molar-refractivity contribution in [3.63, 3.8) is 0 Å². The van der Waals surface area contributed by atoms with E-state index in [1.807, 2.05) is 18.2 Å². The highest BCUT2D eigenvalue weighted by molar-refractivity contribution is 6.34. The van der Waals surface area contributed by atoms with Crippen molar-refractivity contribution in [2.24, 2.45) is 0 Å². The quantitative estimate of drug-likeness (QED) is 0.237. The molecule has 0 aromatic heterocycles. The van der Waals surface area contributed by atoms with Crippen molar-refractivity contribution in [1.29, 1.82) is 0 Å². The van der Waals surface area contributed by atoms with Crippen LogP contribution in [0.2, 0.25) is 10.0 Å². The molecule has 0 aliphatic carbocycles. The summed E-state index contributed by atoms with van der Waals surface area (Å²) in [6, 6.07) is 29.9. The van der Waals surface area contributed by atoms with Crippen LogP contribution in [-0.4, -0.2) is 34.3 Å². The minimum absolute atomic E-state index is 0.00903. The second-order valence-electron chi connectivity index (χ2n) is 9.01. The average molecular weight is 561 g/mol. The molecule has 39 heavy (non-hydrogen) atoms. The van der Waals surface area contributed by atoms with Crippen LogP contribution < -0.4 is 5.32 Å². The third-order valence-corrected chi connectivity index (χ3v) is 6.53. The van der Waals surface area contributed by atoms with Crippen LogP contribution in [-0.2, 0) is 29.1 Å². The molecule has 8 heteroatoms. The van der Waals surface area contributed by atoms with Gasteiger partial charge >= 0.3 is 11.9 Å². The first-order chi connectivity index (χ1) is 18.8. The van der Waals surface area contributed by atoms with E-state index in [9.17, 15) is 19.5 Å².